The van der Waals surface area contributed by atoms with Crippen molar-refractivity contribution in [1.29, 1.82) is 0 Å². The van der Waals surface area contributed by atoms with Gasteiger partial charge < -0.3 is 10.1 Å². The first kappa shape index (κ1) is 14.5. The van der Waals surface area contributed by atoms with E-state index in [4.69, 9.17) is 4.74 Å². The van der Waals surface area contributed by atoms with E-state index in [1.54, 1.807) is 0 Å². The van der Waals surface area contributed by atoms with Crippen molar-refractivity contribution in [3.63, 3.8) is 0 Å². The van der Waals surface area contributed by atoms with Crippen LogP contribution in [0.5, 0.6) is 0 Å². The van der Waals surface area contributed by atoms with Crippen LogP contribution in [0.4, 0.5) is 0 Å². The molecule has 19 heavy (non-hydrogen) atoms. The molecule has 1 aromatic rings. The third-order valence-corrected chi connectivity index (χ3v) is 4.18. The summed E-state index contributed by atoms with van der Waals surface area (Å²) in [5.41, 5.74) is 3.03. The molecule has 0 radical (unpaired) electrons. The van der Waals surface area contributed by atoms with Crippen LogP contribution in [0.25, 0.3) is 0 Å². The molecule has 1 aromatic carbocycles. The lowest BCUT2D eigenvalue weighted by Gasteiger charge is -2.26. The summed E-state index contributed by atoms with van der Waals surface area (Å²) < 4.78 is 5.68. The quantitative estimate of drug-likeness (QED) is 0.622. The summed E-state index contributed by atoms with van der Waals surface area (Å²) in [5, 5.41) is 3.54. The highest BCUT2D eigenvalue weighted by Gasteiger charge is 2.25. The molecule has 1 N–H and O–H groups in total. The number of benzene rings is 1. The van der Waals surface area contributed by atoms with Crippen LogP contribution in [0.15, 0.2) is 24.3 Å². The lowest BCUT2D eigenvalue weighted by molar-refractivity contribution is 0.113. The first-order valence-corrected chi connectivity index (χ1v) is 7.69. The van der Waals surface area contributed by atoms with E-state index in [0.717, 1.165) is 19.6 Å². The second-order valence-electron chi connectivity index (χ2n) is 5.52. The van der Waals surface area contributed by atoms with Gasteiger partial charge in [0.05, 0.1) is 0 Å². The Morgan fingerprint density at radius 2 is 2.11 bits per heavy atom. The van der Waals surface area contributed by atoms with E-state index in [1.807, 2.05) is 0 Å². The van der Waals surface area contributed by atoms with Crippen molar-refractivity contribution in [2.24, 2.45) is 5.92 Å². The number of aryl methyl sites for hydroxylation is 1. The average Bonchev–Trinajstić information content (AvgIpc) is 2.62. The molecule has 1 aliphatic carbocycles. The van der Waals surface area contributed by atoms with E-state index < -0.39 is 0 Å². The Kier molecular flexibility index (Phi) is 5.87. The summed E-state index contributed by atoms with van der Waals surface area (Å²) in [7, 11) is 2.09. The molecule has 2 heteroatoms. The molecule has 0 spiro atoms. The van der Waals surface area contributed by atoms with Gasteiger partial charge in [0.2, 0.25) is 0 Å². The highest BCUT2D eigenvalue weighted by Crippen LogP contribution is 2.34. The van der Waals surface area contributed by atoms with Crippen molar-refractivity contribution in [1.82, 2.24) is 5.32 Å². The second-order valence-corrected chi connectivity index (χ2v) is 5.52. The molecule has 2 nitrogen and oxygen atoms in total. The molecule has 0 amide bonds. The van der Waals surface area contributed by atoms with Crippen molar-refractivity contribution in [2.45, 2.75) is 45.1 Å². The Hall–Kier alpha value is -0.860. The molecule has 106 valence electrons. The standard InChI is InChI=1S/C17H27NO/c1-3-12-19-13-11-15-9-6-8-14-7-4-5-10-16(14)17(15)18-2/h4-5,7,10,15,17-18H,3,6,8-9,11-13H2,1-2H3. The largest absolute Gasteiger partial charge is 0.381 e. The number of nitrogens with one attached hydrogen (secondary N) is 1. The third kappa shape index (κ3) is 3.80. The summed E-state index contributed by atoms with van der Waals surface area (Å²) in [6.45, 7) is 3.96. The Bertz CT molecular complexity index is 377. The summed E-state index contributed by atoms with van der Waals surface area (Å²) in [6.07, 6.45) is 6.10. The smallest absolute Gasteiger partial charge is 0.0469 e. The number of ether oxygens (including phenoxy) is 1. The van der Waals surface area contributed by atoms with Gasteiger partial charge in [0.15, 0.2) is 0 Å². The van der Waals surface area contributed by atoms with Crippen LogP contribution < -0.4 is 5.32 Å². The van der Waals surface area contributed by atoms with Gasteiger partial charge in [0.25, 0.3) is 0 Å². The predicted molar refractivity (Wildman–Crippen MR) is 80.4 cm³/mol. The highest BCUT2D eigenvalue weighted by molar-refractivity contribution is 5.31. The molecule has 0 aromatic heterocycles. The molecular weight excluding hydrogens is 234 g/mol. The summed E-state index contributed by atoms with van der Waals surface area (Å²) in [5.74, 6) is 0.700. The van der Waals surface area contributed by atoms with Gasteiger partial charge in [-0.15, -0.1) is 0 Å². The minimum atomic E-state index is 0.490. The van der Waals surface area contributed by atoms with E-state index in [9.17, 15) is 0 Å². The summed E-state index contributed by atoms with van der Waals surface area (Å²) in [4.78, 5) is 0. The van der Waals surface area contributed by atoms with Gasteiger partial charge in [-0.3, -0.25) is 0 Å². The third-order valence-electron chi connectivity index (χ3n) is 4.18. The zero-order chi connectivity index (χ0) is 13.5. The van der Waals surface area contributed by atoms with Gasteiger partial charge in [0, 0.05) is 19.3 Å². The predicted octanol–water partition coefficient (Wildman–Crippen LogP) is 3.72. The van der Waals surface area contributed by atoms with Crippen LogP contribution in [-0.2, 0) is 11.2 Å². The van der Waals surface area contributed by atoms with Gasteiger partial charge in [-0.25, -0.2) is 0 Å². The molecule has 0 aliphatic heterocycles. The monoisotopic (exact) mass is 261 g/mol. The maximum absolute atomic E-state index is 5.68. The van der Waals surface area contributed by atoms with Crippen LogP contribution in [-0.4, -0.2) is 20.3 Å². The SMILES string of the molecule is CCCOCCC1CCCc2ccccc2C1NC. The van der Waals surface area contributed by atoms with Gasteiger partial charge in [-0.05, 0) is 56.2 Å². The Morgan fingerprint density at radius 1 is 1.26 bits per heavy atom. The number of fused-ring (bicyclic) bond motifs is 1. The number of hydrogen-bond donors (Lipinski definition) is 1. The molecule has 0 fully saturated rings. The molecule has 2 atom stereocenters. The fourth-order valence-corrected chi connectivity index (χ4v) is 3.22. The van der Waals surface area contributed by atoms with Crippen molar-refractivity contribution in [3.8, 4) is 0 Å². The zero-order valence-corrected chi connectivity index (χ0v) is 12.3. The Morgan fingerprint density at radius 3 is 2.89 bits per heavy atom. The minimum Gasteiger partial charge on any atom is -0.381 e. The van der Waals surface area contributed by atoms with Crippen LogP contribution in [0.2, 0.25) is 0 Å². The minimum absolute atomic E-state index is 0.490. The maximum atomic E-state index is 5.68. The maximum Gasteiger partial charge on any atom is 0.0469 e. The van der Waals surface area contributed by atoms with E-state index in [0.29, 0.717) is 12.0 Å². The van der Waals surface area contributed by atoms with Gasteiger partial charge in [-0.2, -0.15) is 0 Å². The Labute approximate surface area is 117 Å². The summed E-state index contributed by atoms with van der Waals surface area (Å²) in [6, 6.07) is 9.40. The van der Waals surface area contributed by atoms with Crippen molar-refractivity contribution in [3.05, 3.63) is 35.4 Å². The fraction of sp³-hybridized carbons (Fsp3) is 0.647. The lowest BCUT2D eigenvalue weighted by atomic mass is 9.88. The Balaban J connectivity index is 2.03. The second kappa shape index (κ2) is 7.66. The molecule has 0 bridgehead atoms. The normalized spacial score (nSPS) is 22.8. The van der Waals surface area contributed by atoms with Crippen LogP contribution in [0.1, 0.15) is 49.8 Å². The van der Waals surface area contributed by atoms with E-state index in [-0.39, 0.29) is 0 Å². The van der Waals surface area contributed by atoms with Crippen LogP contribution >= 0.6 is 0 Å². The zero-order valence-electron chi connectivity index (χ0n) is 12.3. The lowest BCUT2D eigenvalue weighted by Crippen LogP contribution is -2.26. The topological polar surface area (TPSA) is 21.3 Å². The van der Waals surface area contributed by atoms with E-state index >= 15 is 0 Å². The first-order valence-electron chi connectivity index (χ1n) is 7.69. The van der Waals surface area contributed by atoms with E-state index in [1.165, 1.54) is 36.8 Å². The first-order chi connectivity index (χ1) is 9.36. The summed E-state index contributed by atoms with van der Waals surface area (Å²) >= 11 is 0. The average molecular weight is 261 g/mol. The van der Waals surface area contributed by atoms with Gasteiger partial charge in [0.1, 0.15) is 0 Å². The highest BCUT2D eigenvalue weighted by atomic mass is 16.5. The van der Waals surface area contributed by atoms with Crippen molar-refractivity contribution >= 4 is 0 Å². The molecule has 0 heterocycles. The number of rotatable bonds is 6. The van der Waals surface area contributed by atoms with Crippen molar-refractivity contribution < 1.29 is 4.74 Å². The number of hydrogen-bond acceptors (Lipinski definition) is 2. The van der Waals surface area contributed by atoms with Gasteiger partial charge in [-0.1, -0.05) is 31.2 Å². The van der Waals surface area contributed by atoms with Gasteiger partial charge >= 0.3 is 0 Å². The van der Waals surface area contributed by atoms with Crippen LogP contribution in [0.3, 0.4) is 0 Å². The van der Waals surface area contributed by atoms with Crippen molar-refractivity contribution in [2.75, 3.05) is 20.3 Å². The van der Waals surface area contributed by atoms with Crippen LogP contribution in [0, 0.1) is 5.92 Å². The molecule has 1 aliphatic rings. The van der Waals surface area contributed by atoms with E-state index in [2.05, 4.69) is 43.6 Å². The molecule has 2 rings (SSSR count). The molecule has 0 saturated carbocycles. The molecule has 2 unspecified atom stereocenters. The molecule has 0 saturated heterocycles. The fourth-order valence-electron chi connectivity index (χ4n) is 3.22. The molecular formula is C17H27NO.